The monoisotopic (exact) mass is 504 g/mol. The first kappa shape index (κ1) is 21.6. The van der Waals surface area contributed by atoms with Crippen LogP contribution in [0.4, 0.5) is 0 Å². The Morgan fingerprint density at radius 3 is 1.95 bits per heavy atom. The van der Waals surface area contributed by atoms with Crippen LogP contribution in [0.25, 0.3) is 67.0 Å². The van der Waals surface area contributed by atoms with Gasteiger partial charge in [-0.15, -0.1) is 4.98 Å². The summed E-state index contributed by atoms with van der Waals surface area (Å²) in [6.45, 7) is 0. The normalized spacial score (nSPS) is 11.7. The van der Waals surface area contributed by atoms with Gasteiger partial charge in [0, 0.05) is 10.8 Å². The molecule has 5 aromatic carbocycles. The van der Waals surface area contributed by atoms with Gasteiger partial charge in [0.05, 0.1) is 16.6 Å². The SMILES string of the molecule is O=c1nc(-n2c3ccccc3c3cc(-c4ccccc4)ccc32)n2c(n1)oc1ccc(-c3ccccc3)cc12. The van der Waals surface area contributed by atoms with Gasteiger partial charge in [0.2, 0.25) is 5.95 Å². The van der Waals surface area contributed by atoms with Crippen LogP contribution in [0, 0.1) is 0 Å². The lowest BCUT2D eigenvalue weighted by Gasteiger charge is -2.09. The zero-order valence-electron chi connectivity index (χ0n) is 20.7. The summed E-state index contributed by atoms with van der Waals surface area (Å²) in [5.74, 6) is 0.643. The lowest BCUT2D eigenvalue weighted by molar-refractivity contribution is 0.626. The van der Waals surface area contributed by atoms with Crippen molar-refractivity contribution in [1.82, 2.24) is 18.9 Å². The first-order valence-corrected chi connectivity index (χ1v) is 12.7. The highest BCUT2D eigenvalue weighted by atomic mass is 16.4. The molecule has 0 radical (unpaired) electrons. The molecule has 184 valence electrons. The van der Waals surface area contributed by atoms with E-state index in [1.165, 1.54) is 0 Å². The van der Waals surface area contributed by atoms with Gasteiger partial charge in [-0.25, -0.2) is 9.20 Å². The minimum Gasteiger partial charge on any atom is -0.423 e. The molecule has 3 aromatic heterocycles. The highest BCUT2D eigenvalue weighted by molar-refractivity contribution is 6.10. The second-order valence-electron chi connectivity index (χ2n) is 9.53. The molecule has 8 rings (SSSR count). The Hall–Kier alpha value is -5.49. The smallest absolute Gasteiger partial charge is 0.374 e. The Bertz CT molecular complexity index is 2240. The summed E-state index contributed by atoms with van der Waals surface area (Å²) in [5, 5.41) is 2.15. The lowest BCUT2D eigenvalue weighted by Crippen LogP contribution is -2.18. The maximum Gasteiger partial charge on any atom is 0.374 e. The van der Waals surface area contributed by atoms with Gasteiger partial charge in [-0.3, -0.25) is 4.57 Å². The maximum absolute atomic E-state index is 12.8. The number of benzene rings is 5. The average Bonchev–Trinajstić information content (AvgIpc) is 3.52. The van der Waals surface area contributed by atoms with Crippen molar-refractivity contribution in [2.75, 3.05) is 0 Å². The number of rotatable bonds is 3. The quantitative estimate of drug-likeness (QED) is 0.254. The molecule has 6 nitrogen and oxygen atoms in total. The third-order valence-corrected chi connectivity index (χ3v) is 7.27. The van der Waals surface area contributed by atoms with Gasteiger partial charge in [-0.05, 0) is 52.6 Å². The summed E-state index contributed by atoms with van der Waals surface area (Å²) in [5.41, 5.74) is 7.08. The van der Waals surface area contributed by atoms with Crippen LogP contribution in [0.2, 0.25) is 0 Å². The molecule has 0 fully saturated rings. The van der Waals surface area contributed by atoms with E-state index in [-0.39, 0.29) is 5.84 Å². The second-order valence-corrected chi connectivity index (χ2v) is 9.53. The molecule has 0 unspecified atom stereocenters. The van der Waals surface area contributed by atoms with E-state index in [1.54, 1.807) is 0 Å². The van der Waals surface area contributed by atoms with E-state index in [2.05, 4.69) is 64.6 Å². The first-order valence-electron chi connectivity index (χ1n) is 12.7. The van der Waals surface area contributed by atoms with Gasteiger partial charge >= 0.3 is 11.5 Å². The van der Waals surface area contributed by atoms with Crippen LogP contribution in [0.3, 0.4) is 0 Å². The summed E-state index contributed by atoms with van der Waals surface area (Å²) in [6.07, 6.45) is 0. The molecule has 3 heterocycles. The van der Waals surface area contributed by atoms with Gasteiger partial charge in [-0.1, -0.05) is 91.0 Å². The minimum absolute atomic E-state index is 0.206. The Morgan fingerprint density at radius 2 is 1.18 bits per heavy atom. The van der Waals surface area contributed by atoms with Crippen LogP contribution in [-0.2, 0) is 0 Å². The van der Waals surface area contributed by atoms with Crippen LogP contribution in [0.1, 0.15) is 0 Å². The van der Waals surface area contributed by atoms with Crippen LogP contribution in [0.15, 0.2) is 131 Å². The van der Waals surface area contributed by atoms with Crippen molar-refractivity contribution >= 4 is 38.7 Å². The third kappa shape index (κ3) is 3.32. The van der Waals surface area contributed by atoms with Crippen molar-refractivity contribution < 1.29 is 4.42 Å². The summed E-state index contributed by atoms with van der Waals surface area (Å²) in [4.78, 5) is 21.3. The van der Waals surface area contributed by atoms with Crippen LogP contribution in [0.5, 0.6) is 0 Å². The summed E-state index contributed by atoms with van der Waals surface area (Å²) in [7, 11) is 0. The van der Waals surface area contributed by atoms with Crippen molar-refractivity contribution in [2.45, 2.75) is 0 Å². The molecule has 0 saturated carbocycles. The van der Waals surface area contributed by atoms with Crippen molar-refractivity contribution in [3.63, 3.8) is 0 Å². The van der Waals surface area contributed by atoms with E-state index in [0.29, 0.717) is 11.5 Å². The highest BCUT2D eigenvalue weighted by Gasteiger charge is 2.20. The number of nitrogens with zero attached hydrogens (tertiary/aromatic N) is 4. The molecule has 0 amide bonds. The van der Waals surface area contributed by atoms with Crippen LogP contribution >= 0.6 is 0 Å². The van der Waals surface area contributed by atoms with Gasteiger partial charge in [-0.2, -0.15) is 4.98 Å². The lowest BCUT2D eigenvalue weighted by atomic mass is 10.0. The Kier molecular flexibility index (Phi) is 4.57. The zero-order valence-corrected chi connectivity index (χ0v) is 20.7. The van der Waals surface area contributed by atoms with Gasteiger partial charge in [0.1, 0.15) is 0 Å². The Balaban J connectivity index is 1.46. The van der Waals surface area contributed by atoms with E-state index >= 15 is 0 Å². The van der Waals surface area contributed by atoms with E-state index in [4.69, 9.17) is 4.42 Å². The topological polar surface area (TPSA) is 65.3 Å². The second kappa shape index (κ2) is 8.26. The molecule has 0 N–H and O–H groups in total. The fraction of sp³-hybridized carbons (Fsp3) is 0. The van der Waals surface area contributed by atoms with Crippen LogP contribution < -0.4 is 5.69 Å². The molecular weight excluding hydrogens is 484 g/mol. The number of fused-ring (bicyclic) bond motifs is 6. The molecule has 6 heteroatoms. The van der Waals surface area contributed by atoms with Gasteiger partial charge in [0.25, 0.3) is 0 Å². The van der Waals surface area contributed by atoms with Crippen molar-refractivity contribution in [3.05, 3.63) is 132 Å². The summed E-state index contributed by atoms with van der Waals surface area (Å²) < 4.78 is 9.92. The third-order valence-electron chi connectivity index (χ3n) is 7.27. The number of oxazole rings is 1. The molecule has 0 aliphatic heterocycles. The molecule has 0 saturated heterocycles. The molecule has 0 spiro atoms. The molecule has 8 aromatic rings. The van der Waals surface area contributed by atoms with Crippen molar-refractivity contribution in [3.8, 4) is 28.2 Å². The minimum atomic E-state index is -0.598. The molecule has 0 aliphatic rings. The van der Waals surface area contributed by atoms with E-state index in [9.17, 15) is 4.79 Å². The zero-order chi connectivity index (χ0) is 25.9. The number of hydrogen-bond donors (Lipinski definition) is 0. The molecule has 39 heavy (non-hydrogen) atoms. The Morgan fingerprint density at radius 1 is 0.538 bits per heavy atom. The average molecular weight is 505 g/mol. The predicted molar refractivity (Wildman–Crippen MR) is 154 cm³/mol. The van der Waals surface area contributed by atoms with Crippen LogP contribution in [-0.4, -0.2) is 18.9 Å². The first-order chi connectivity index (χ1) is 19.2. The largest absolute Gasteiger partial charge is 0.423 e. The Labute approximate surface area is 222 Å². The molecule has 0 aliphatic carbocycles. The standard InChI is InChI=1S/C33H20N4O2/c38-31-34-32(37-29-20-24(22-11-5-2-6-12-22)16-18-30(29)39-33(37)35-31)36-27-14-8-7-13-25(27)26-19-23(15-17-28(26)36)21-9-3-1-4-10-21/h1-20H. The van der Waals surface area contributed by atoms with Gasteiger partial charge < -0.3 is 4.42 Å². The predicted octanol–water partition coefficient (Wildman–Crippen LogP) is 7.27. The summed E-state index contributed by atoms with van der Waals surface area (Å²) in [6, 6.07) is 41.0. The van der Waals surface area contributed by atoms with Crippen molar-refractivity contribution in [1.29, 1.82) is 0 Å². The molecular formula is C33H20N4O2. The van der Waals surface area contributed by atoms with E-state index < -0.39 is 5.69 Å². The highest BCUT2D eigenvalue weighted by Crippen LogP contribution is 2.35. The van der Waals surface area contributed by atoms with Crippen molar-refractivity contribution in [2.24, 2.45) is 0 Å². The fourth-order valence-electron chi connectivity index (χ4n) is 5.49. The molecule has 0 atom stereocenters. The number of para-hydroxylation sites is 1. The van der Waals surface area contributed by atoms with E-state index in [1.807, 2.05) is 75.7 Å². The maximum atomic E-state index is 12.8. The molecule has 0 bridgehead atoms. The number of hydrogen-bond acceptors (Lipinski definition) is 4. The van der Waals surface area contributed by atoms with E-state index in [0.717, 1.165) is 49.6 Å². The number of aromatic nitrogens is 4. The fourth-order valence-corrected chi connectivity index (χ4v) is 5.49. The summed E-state index contributed by atoms with van der Waals surface area (Å²) >= 11 is 0. The van der Waals surface area contributed by atoms with Gasteiger partial charge in [0.15, 0.2) is 5.58 Å².